The lowest BCUT2D eigenvalue weighted by Crippen LogP contribution is -2.50. The van der Waals surface area contributed by atoms with Gasteiger partial charge in [0.15, 0.2) is 5.96 Å². The molecule has 0 spiro atoms. The van der Waals surface area contributed by atoms with E-state index >= 15 is 0 Å². The zero-order chi connectivity index (χ0) is 18.2. The first-order valence-corrected chi connectivity index (χ1v) is 10.7. The highest BCUT2D eigenvalue weighted by Gasteiger charge is 2.27. The number of nitrogens with zero attached hydrogens (tertiary/aromatic N) is 2. The predicted octanol–water partition coefficient (Wildman–Crippen LogP) is 2.18. The Morgan fingerprint density at radius 2 is 1.88 bits per heavy atom. The van der Waals surface area contributed by atoms with Crippen molar-refractivity contribution in [2.45, 2.75) is 65.8 Å². The van der Waals surface area contributed by atoms with E-state index in [1.807, 2.05) is 6.92 Å². The summed E-state index contributed by atoms with van der Waals surface area (Å²) in [6, 6.07) is 0.284. The van der Waals surface area contributed by atoms with Crippen molar-refractivity contribution >= 4 is 16.0 Å². The molecule has 1 saturated heterocycles. The van der Waals surface area contributed by atoms with E-state index in [0.717, 1.165) is 31.8 Å². The highest BCUT2D eigenvalue weighted by Crippen LogP contribution is 2.19. The predicted molar refractivity (Wildman–Crippen MR) is 102 cm³/mol. The third-order valence-corrected chi connectivity index (χ3v) is 6.35. The summed E-state index contributed by atoms with van der Waals surface area (Å²) in [5, 5.41) is 6.78. The Balaban J connectivity index is 2.34. The van der Waals surface area contributed by atoms with E-state index in [2.05, 4.69) is 36.4 Å². The lowest BCUT2D eigenvalue weighted by Gasteiger charge is -2.32. The van der Waals surface area contributed by atoms with Crippen molar-refractivity contribution in [2.75, 3.05) is 32.4 Å². The SMILES string of the molecule is CCCS(=O)(=O)N1CCC(NC(=NC)NCCCC(C)(C)C)CC1. The average Bonchev–Trinajstić information content (AvgIpc) is 2.49. The molecule has 0 atom stereocenters. The molecular weight excluding hydrogens is 324 g/mol. The standard InChI is InChI=1S/C17H36N4O2S/c1-6-14-24(22,23)21-12-8-15(9-13-21)20-16(18-5)19-11-7-10-17(2,3)4/h15H,6-14H2,1-5H3,(H2,18,19,20). The van der Waals surface area contributed by atoms with Gasteiger partial charge in [-0.25, -0.2) is 12.7 Å². The van der Waals surface area contributed by atoms with Crippen LogP contribution in [0.25, 0.3) is 0 Å². The van der Waals surface area contributed by atoms with Gasteiger partial charge in [0.1, 0.15) is 0 Å². The molecule has 0 aromatic heterocycles. The molecule has 1 aliphatic rings. The highest BCUT2D eigenvalue weighted by atomic mass is 32.2. The molecule has 1 rings (SSSR count). The quantitative estimate of drug-likeness (QED) is 0.415. The molecule has 0 saturated carbocycles. The number of guanidine groups is 1. The zero-order valence-electron chi connectivity index (χ0n) is 16.1. The molecule has 2 N–H and O–H groups in total. The molecule has 0 unspecified atom stereocenters. The number of nitrogens with one attached hydrogen (secondary N) is 2. The van der Waals surface area contributed by atoms with Crippen molar-refractivity contribution in [2.24, 2.45) is 10.4 Å². The number of aliphatic imine (C=N–C) groups is 1. The summed E-state index contributed by atoms with van der Waals surface area (Å²) in [6.07, 6.45) is 4.60. The van der Waals surface area contributed by atoms with Crippen molar-refractivity contribution < 1.29 is 8.42 Å². The minimum atomic E-state index is -3.06. The van der Waals surface area contributed by atoms with Gasteiger partial charge in [-0.05, 0) is 37.5 Å². The van der Waals surface area contributed by atoms with Gasteiger partial charge in [-0.15, -0.1) is 0 Å². The zero-order valence-corrected chi connectivity index (χ0v) is 16.9. The lowest BCUT2D eigenvalue weighted by atomic mass is 9.91. The number of piperidine rings is 1. The minimum absolute atomic E-state index is 0.252. The van der Waals surface area contributed by atoms with Crippen molar-refractivity contribution in [1.29, 1.82) is 0 Å². The Bertz CT molecular complexity index is 489. The largest absolute Gasteiger partial charge is 0.356 e. The van der Waals surface area contributed by atoms with Crippen LogP contribution in [0.2, 0.25) is 0 Å². The first-order valence-electron chi connectivity index (χ1n) is 9.13. The number of hydrogen-bond acceptors (Lipinski definition) is 3. The molecule has 0 bridgehead atoms. The highest BCUT2D eigenvalue weighted by molar-refractivity contribution is 7.89. The fourth-order valence-corrected chi connectivity index (χ4v) is 4.42. The second kappa shape index (κ2) is 9.61. The molecule has 7 heteroatoms. The van der Waals surface area contributed by atoms with Gasteiger partial charge >= 0.3 is 0 Å². The van der Waals surface area contributed by atoms with E-state index in [0.29, 0.717) is 24.9 Å². The van der Waals surface area contributed by atoms with Crippen LogP contribution in [0.15, 0.2) is 4.99 Å². The van der Waals surface area contributed by atoms with Crippen molar-refractivity contribution in [3.05, 3.63) is 0 Å². The molecule has 24 heavy (non-hydrogen) atoms. The molecule has 1 heterocycles. The minimum Gasteiger partial charge on any atom is -0.356 e. The molecule has 0 radical (unpaired) electrons. The van der Waals surface area contributed by atoms with Gasteiger partial charge in [0, 0.05) is 32.7 Å². The number of sulfonamides is 1. The Morgan fingerprint density at radius 3 is 2.38 bits per heavy atom. The van der Waals surface area contributed by atoms with Gasteiger partial charge in [0.05, 0.1) is 5.75 Å². The van der Waals surface area contributed by atoms with Gasteiger partial charge in [0.25, 0.3) is 0 Å². The summed E-state index contributed by atoms with van der Waals surface area (Å²) in [5.41, 5.74) is 0.357. The molecule has 0 aromatic rings. The number of hydrogen-bond donors (Lipinski definition) is 2. The Hall–Kier alpha value is -0.820. The fraction of sp³-hybridized carbons (Fsp3) is 0.941. The summed E-state index contributed by atoms with van der Waals surface area (Å²) >= 11 is 0. The van der Waals surface area contributed by atoms with Crippen LogP contribution >= 0.6 is 0 Å². The molecule has 0 aromatic carbocycles. The smallest absolute Gasteiger partial charge is 0.214 e. The number of rotatable bonds is 7. The third-order valence-electron chi connectivity index (χ3n) is 4.27. The summed E-state index contributed by atoms with van der Waals surface area (Å²) in [7, 11) is -1.29. The van der Waals surface area contributed by atoms with Crippen LogP contribution in [0.3, 0.4) is 0 Å². The van der Waals surface area contributed by atoms with Crippen molar-refractivity contribution in [3.8, 4) is 0 Å². The summed E-state index contributed by atoms with van der Waals surface area (Å²) in [6.45, 7) is 10.8. The van der Waals surface area contributed by atoms with Crippen molar-refractivity contribution in [1.82, 2.24) is 14.9 Å². The first-order chi connectivity index (χ1) is 11.2. The maximum Gasteiger partial charge on any atom is 0.214 e. The summed E-state index contributed by atoms with van der Waals surface area (Å²) in [5.74, 6) is 1.07. The third kappa shape index (κ3) is 7.83. The van der Waals surface area contributed by atoms with Crippen LogP contribution in [-0.2, 0) is 10.0 Å². The molecular formula is C17H36N4O2S. The second-order valence-electron chi connectivity index (χ2n) is 7.80. The van der Waals surface area contributed by atoms with E-state index in [4.69, 9.17) is 0 Å². The van der Waals surface area contributed by atoms with Gasteiger partial charge in [0.2, 0.25) is 10.0 Å². The summed E-state index contributed by atoms with van der Waals surface area (Å²) < 4.78 is 25.8. The Kier molecular flexibility index (Phi) is 8.50. The maximum atomic E-state index is 12.1. The van der Waals surface area contributed by atoms with E-state index < -0.39 is 10.0 Å². The van der Waals surface area contributed by atoms with Gasteiger partial charge < -0.3 is 10.6 Å². The maximum absolute atomic E-state index is 12.1. The molecule has 6 nitrogen and oxygen atoms in total. The topological polar surface area (TPSA) is 73.8 Å². The molecule has 0 amide bonds. The normalized spacial score (nSPS) is 18.6. The van der Waals surface area contributed by atoms with Crippen LogP contribution in [0.4, 0.5) is 0 Å². The van der Waals surface area contributed by atoms with Crippen LogP contribution in [-0.4, -0.2) is 57.2 Å². The Morgan fingerprint density at radius 1 is 1.25 bits per heavy atom. The monoisotopic (exact) mass is 360 g/mol. The summed E-state index contributed by atoms with van der Waals surface area (Å²) in [4.78, 5) is 4.28. The average molecular weight is 361 g/mol. The van der Waals surface area contributed by atoms with Crippen molar-refractivity contribution in [3.63, 3.8) is 0 Å². The second-order valence-corrected chi connectivity index (χ2v) is 9.89. The molecule has 142 valence electrons. The van der Waals surface area contributed by atoms with E-state index in [-0.39, 0.29) is 11.8 Å². The van der Waals surface area contributed by atoms with Gasteiger partial charge in [-0.1, -0.05) is 27.7 Å². The van der Waals surface area contributed by atoms with Crippen LogP contribution in [0.5, 0.6) is 0 Å². The van der Waals surface area contributed by atoms with E-state index in [1.54, 1.807) is 11.4 Å². The molecule has 1 aliphatic heterocycles. The van der Waals surface area contributed by atoms with E-state index in [9.17, 15) is 8.42 Å². The molecule has 0 aliphatic carbocycles. The van der Waals surface area contributed by atoms with Crippen LogP contribution in [0.1, 0.15) is 59.8 Å². The fourth-order valence-electron chi connectivity index (χ4n) is 2.88. The van der Waals surface area contributed by atoms with Gasteiger partial charge in [-0.3, -0.25) is 4.99 Å². The Labute approximate surface area is 148 Å². The van der Waals surface area contributed by atoms with Crippen LogP contribution in [0, 0.1) is 5.41 Å². The van der Waals surface area contributed by atoms with Gasteiger partial charge in [-0.2, -0.15) is 0 Å². The van der Waals surface area contributed by atoms with Crippen LogP contribution < -0.4 is 10.6 Å². The molecule has 1 fully saturated rings. The lowest BCUT2D eigenvalue weighted by molar-refractivity contribution is 0.305. The van der Waals surface area contributed by atoms with E-state index in [1.165, 1.54) is 6.42 Å². The first kappa shape index (κ1) is 21.2.